The van der Waals surface area contributed by atoms with Crippen LogP contribution in [0.5, 0.6) is 0 Å². The summed E-state index contributed by atoms with van der Waals surface area (Å²) in [6, 6.07) is 0. The normalized spacial score (nSPS) is 10.5. The number of aromatic nitrogens is 2. The van der Waals surface area contributed by atoms with Gasteiger partial charge in [0.25, 0.3) is 0 Å². The molecule has 0 saturated heterocycles. The molecule has 2 N–H and O–H groups in total. The van der Waals surface area contributed by atoms with E-state index in [4.69, 9.17) is 11.5 Å². The Morgan fingerprint density at radius 3 is 2.67 bits per heavy atom. The number of aromatic carboxylic acids is 1. The van der Waals surface area contributed by atoms with Crippen molar-refractivity contribution < 1.29 is 9.90 Å². The molecule has 0 amide bonds. The van der Waals surface area contributed by atoms with Crippen LogP contribution in [-0.4, -0.2) is 26.6 Å². The first-order valence-electron chi connectivity index (χ1n) is 4.26. The third-order valence-corrected chi connectivity index (χ3v) is 1.69. The van der Waals surface area contributed by atoms with Gasteiger partial charge in [-0.3, -0.25) is 0 Å². The van der Waals surface area contributed by atoms with E-state index in [0.717, 1.165) is 0 Å². The minimum absolute atomic E-state index is 0.138. The number of rotatable bonds is 3. The second-order valence-electron chi connectivity index (χ2n) is 3.45. The van der Waals surface area contributed by atoms with Crippen molar-refractivity contribution >= 4 is 11.8 Å². The number of nitrogens with one attached hydrogen (secondary N) is 1. The smallest absolute Gasteiger partial charge is 0.358 e. The molecule has 0 aliphatic heterocycles. The topological polar surface area (TPSA) is 75.1 Å². The minimum atomic E-state index is -1.14. The molecule has 0 aliphatic carbocycles. The van der Waals surface area contributed by atoms with Crippen molar-refractivity contribution in [1.29, 1.82) is 0 Å². The van der Waals surface area contributed by atoms with Crippen molar-refractivity contribution in [1.82, 2.24) is 9.97 Å². The van der Waals surface area contributed by atoms with Gasteiger partial charge in [0.1, 0.15) is 0 Å². The van der Waals surface area contributed by atoms with Gasteiger partial charge in [0, 0.05) is 12.4 Å². The first-order chi connectivity index (χ1) is 6.96. The van der Waals surface area contributed by atoms with E-state index in [0.29, 0.717) is 0 Å². The Labute approximate surface area is 87.6 Å². The van der Waals surface area contributed by atoms with Crippen molar-refractivity contribution in [3.8, 4) is 12.3 Å². The average Bonchev–Trinajstić information content (AvgIpc) is 2.18. The van der Waals surface area contributed by atoms with E-state index in [1.54, 1.807) is 13.8 Å². The third kappa shape index (κ3) is 2.68. The molecule has 0 spiro atoms. The fourth-order valence-corrected chi connectivity index (χ4v) is 0.918. The summed E-state index contributed by atoms with van der Waals surface area (Å²) in [4.78, 5) is 18.4. The molecule has 0 atom stereocenters. The molecule has 0 fully saturated rings. The predicted molar refractivity (Wildman–Crippen MR) is 55.5 cm³/mol. The molecule has 1 aromatic heterocycles. The van der Waals surface area contributed by atoms with Gasteiger partial charge >= 0.3 is 5.97 Å². The lowest BCUT2D eigenvalue weighted by Gasteiger charge is -2.20. The second kappa shape index (κ2) is 3.96. The summed E-state index contributed by atoms with van der Waals surface area (Å²) in [5.74, 6) is 1.52. The van der Waals surface area contributed by atoms with Gasteiger partial charge in [0.05, 0.1) is 5.54 Å². The highest BCUT2D eigenvalue weighted by Gasteiger charge is 2.19. The van der Waals surface area contributed by atoms with E-state index in [9.17, 15) is 4.79 Å². The molecule has 1 aromatic rings. The molecule has 0 radical (unpaired) electrons. The summed E-state index contributed by atoms with van der Waals surface area (Å²) < 4.78 is 0. The summed E-state index contributed by atoms with van der Waals surface area (Å²) in [7, 11) is 0. The number of anilines is 1. The zero-order valence-electron chi connectivity index (χ0n) is 8.48. The maximum absolute atomic E-state index is 10.8. The summed E-state index contributed by atoms with van der Waals surface area (Å²) in [5.41, 5.74) is -0.805. The number of hydrogen-bond donors (Lipinski definition) is 2. The molecule has 0 aromatic carbocycles. The maximum atomic E-state index is 10.8. The Kier molecular flexibility index (Phi) is 2.90. The van der Waals surface area contributed by atoms with Crippen molar-refractivity contribution in [3.05, 3.63) is 18.1 Å². The fourth-order valence-electron chi connectivity index (χ4n) is 0.918. The largest absolute Gasteiger partial charge is 0.476 e. The van der Waals surface area contributed by atoms with Gasteiger partial charge in [-0.2, -0.15) is 0 Å². The van der Waals surface area contributed by atoms with Gasteiger partial charge in [0.2, 0.25) is 0 Å². The molecular formula is C10H11N3O2. The zero-order valence-corrected chi connectivity index (χ0v) is 8.48. The number of carbonyl (C=O) groups is 1. The Morgan fingerprint density at radius 2 is 2.13 bits per heavy atom. The van der Waals surface area contributed by atoms with Gasteiger partial charge in [0.15, 0.2) is 11.5 Å². The number of hydrogen-bond acceptors (Lipinski definition) is 4. The summed E-state index contributed by atoms with van der Waals surface area (Å²) in [6.07, 6.45) is 7.99. The van der Waals surface area contributed by atoms with E-state index >= 15 is 0 Å². The third-order valence-electron chi connectivity index (χ3n) is 1.69. The first-order valence-corrected chi connectivity index (χ1v) is 4.26. The Morgan fingerprint density at radius 1 is 1.53 bits per heavy atom. The van der Waals surface area contributed by atoms with Crippen LogP contribution in [0, 0.1) is 12.3 Å². The fraction of sp³-hybridized carbons (Fsp3) is 0.300. The average molecular weight is 205 g/mol. The van der Waals surface area contributed by atoms with Crippen LogP contribution in [0.3, 0.4) is 0 Å². The van der Waals surface area contributed by atoms with E-state index in [1.807, 2.05) is 0 Å². The van der Waals surface area contributed by atoms with Gasteiger partial charge < -0.3 is 10.4 Å². The quantitative estimate of drug-likeness (QED) is 0.720. The molecule has 0 unspecified atom stereocenters. The molecular weight excluding hydrogens is 194 g/mol. The minimum Gasteiger partial charge on any atom is -0.476 e. The van der Waals surface area contributed by atoms with Gasteiger partial charge in [-0.15, -0.1) is 6.42 Å². The van der Waals surface area contributed by atoms with Crippen LogP contribution in [0.2, 0.25) is 0 Å². The van der Waals surface area contributed by atoms with Crippen LogP contribution >= 0.6 is 0 Å². The van der Waals surface area contributed by atoms with Crippen LogP contribution < -0.4 is 5.32 Å². The number of carboxylic acid groups (broad SMARTS) is 1. The van der Waals surface area contributed by atoms with E-state index in [1.165, 1.54) is 12.4 Å². The lowest BCUT2D eigenvalue weighted by molar-refractivity contribution is 0.0691. The molecule has 15 heavy (non-hydrogen) atoms. The van der Waals surface area contributed by atoms with Crippen molar-refractivity contribution in [2.75, 3.05) is 5.32 Å². The zero-order chi connectivity index (χ0) is 11.5. The second-order valence-corrected chi connectivity index (χ2v) is 3.45. The predicted octanol–water partition coefficient (Wildman–Crippen LogP) is 0.998. The van der Waals surface area contributed by atoms with E-state index < -0.39 is 11.5 Å². The Bertz CT molecular complexity index is 421. The van der Waals surface area contributed by atoms with Crippen molar-refractivity contribution in [3.63, 3.8) is 0 Å². The van der Waals surface area contributed by atoms with Crippen LogP contribution in [0.4, 0.5) is 5.82 Å². The maximum Gasteiger partial charge on any atom is 0.358 e. The number of nitrogens with zero attached hydrogens (tertiary/aromatic N) is 2. The molecule has 1 rings (SSSR count). The molecule has 78 valence electrons. The van der Waals surface area contributed by atoms with Crippen molar-refractivity contribution in [2.45, 2.75) is 19.4 Å². The summed E-state index contributed by atoms with van der Waals surface area (Å²) in [5, 5.41) is 11.7. The monoisotopic (exact) mass is 205 g/mol. The summed E-state index contributed by atoms with van der Waals surface area (Å²) >= 11 is 0. The Hall–Kier alpha value is -2.09. The van der Waals surface area contributed by atoms with Crippen LogP contribution in [0.25, 0.3) is 0 Å². The highest BCUT2D eigenvalue weighted by molar-refractivity contribution is 5.90. The van der Waals surface area contributed by atoms with Gasteiger partial charge in [-0.05, 0) is 13.8 Å². The van der Waals surface area contributed by atoms with E-state index in [-0.39, 0.29) is 11.5 Å². The van der Waals surface area contributed by atoms with Crippen molar-refractivity contribution in [2.24, 2.45) is 0 Å². The highest BCUT2D eigenvalue weighted by Crippen LogP contribution is 2.14. The molecule has 0 aliphatic rings. The SMILES string of the molecule is C#CC(C)(C)Nc1nccnc1C(=O)O. The van der Waals surface area contributed by atoms with Gasteiger partial charge in [-0.1, -0.05) is 5.92 Å². The highest BCUT2D eigenvalue weighted by atomic mass is 16.4. The number of terminal acetylenes is 1. The molecule has 5 heteroatoms. The lowest BCUT2D eigenvalue weighted by Crippen LogP contribution is -2.30. The number of carboxylic acids is 1. The summed E-state index contributed by atoms with van der Waals surface area (Å²) in [6.45, 7) is 3.49. The van der Waals surface area contributed by atoms with Crippen LogP contribution in [0.1, 0.15) is 24.3 Å². The first kappa shape index (κ1) is 11.0. The molecule has 0 saturated carbocycles. The molecule has 5 nitrogen and oxygen atoms in total. The standard InChI is InChI=1S/C10H11N3O2/c1-4-10(2,3)13-8-7(9(14)15)11-5-6-12-8/h1,5-6H,2-3H3,(H,12,13)(H,14,15). The molecule has 0 bridgehead atoms. The van der Waals surface area contributed by atoms with Gasteiger partial charge in [-0.25, -0.2) is 14.8 Å². The lowest BCUT2D eigenvalue weighted by atomic mass is 10.1. The van der Waals surface area contributed by atoms with Crippen LogP contribution in [-0.2, 0) is 0 Å². The van der Waals surface area contributed by atoms with Crippen LogP contribution in [0.15, 0.2) is 12.4 Å². The Balaban J connectivity index is 3.06. The van der Waals surface area contributed by atoms with E-state index in [2.05, 4.69) is 21.2 Å². The molecule has 1 heterocycles.